The standard InChI is InChI=1S/C12H13BrN2O2/c1-7(2)11-14-12(17-15-11)8-4-5-10(16-3)9(13)6-8/h4-7H,1-3H3. The normalized spacial score (nSPS) is 10.9. The van der Waals surface area contributed by atoms with Gasteiger partial charge in [0.25, 0.3) is 5.89 Å². The minimum Gasteiger partial charge on any atom is -0.496 e. The molecule has 17 heavy (non-hydrogen) atoms. The number of hydrogen-bond donors (Lipinski definition) is 0. The van der Waals surface area contributed by atoms with Gasteiger partial charge in [-0.1, -0.05) is 19.0 Å². The maximum atomic E-state index is 5.22. The molecule has 1 aromatic carbocycles. The number of benzene rings is 1. The highest BCUT2D eigenvalue weighted by Crippen LogP contribution is 2.30. The van der Waals surface area contributed by atoms with Crippen molar-refractivity contribution in [1.29, 1.82) is 0 Å². The number of halogens is 1. The molecule has 0 bridgehead atoms. The van der Waals surface area contributed by atoms with E-state index in [1.807, 2.05) is 32.0 Å². The summed E-state index contributed by atoms with van der Waals surface area (Å²) in [7, 11) is 1.63. The van der Waals surface area contributed by atoms with Crippen LogP contribution in [0.2, 0.25) is 0 Å². The first-order valence-corrected chi connectivity index (χ1v) is 6.08. The van der Waals surface area contributed by atoms with Gasteiger partial charge >= 0.3 is 0 Å². The molecule has 0 unspecified atom stereocenters. The fraction of sp³-hybridized carbons (Fsp3) is 0.333. The topological polar surface area (TPSA) is 48.2 Å². The second kappa shape index (κ2) is 4.87. The highest BCUT2D eigenvalue weighted by molar-refractivity contribution is 9.10. The van der Waals surface area contributed by atoms with E-state index in [1.54, 1.807) is 7.11 Å². The Bertz CT molecular complexity index is 523. The Balaban J connectivity index is 2.36. The van der Waals surface area contributed by atoms with E-state index < -0.39 is 0 Å². The van der Waals surface area contributed by atoms with E-state index in [0.29, 0.717) is 11.7 Å². The van der Waals surface area contributed by atoms with Crippen LogP contribution in [0.5, 0.6) is 5.75 Å². The van der Waals surface area contributed by atoms with Crippen molar-refractivity contribution in [1.82, 2.24) is 10.1 Å². The van der Waals surface area contributed by atoms with Crippen LogP contribution in [-0.4, -0.2) is 17.3 Å². The number of hydrogen-bond acceptors (Lipinski definition) is 4. The van der Waals surface area contributed by atoms with Crippen molar-refractivity contribution in [3.05, 3.63) is 28.5 Å². The third-order valence-corrected chi connectivity index (χ3v) is 2.98. The Morgan fingerprint density at radius 1 is 1.35 bits per heavy atom. The van der Waals surface area contributed by atoms with Crippen molar-refractivity contribution >= 4 is 15.9 Å². The van der Waals surface area contributed by atoms with Crippen LogP contribution < -0.4 is 4.74 Å². The van der Waals surface area contributed by atoms with Crippen molar-refractivity contribution in [2.45, 2.75) is 19.8 Å². The van der Waals surface area contributed by atoms with E-state index in [4.69, 9.17) is 9.26 Å². The largest absolute Gasteiger partial charge is 0.496 e. The molecule has 2 rings (SSSR count). The quantitative estimate of drug-likeness (QED) is 0.868. The van der Waals surface area contributed by atoms with E-state index in [9.17, 15) is 0 Å². The zero-order chi connectivity index (χ0) is 12.4. The lowest BCUT2D eigenvalue weighted by Crippen LogP contribution is -1.89. The Morgan fingerprint density at radius 2 is 2.12 bits per heavy atom. The number of rotatable bonds is 3. The summed E-state index contributed by atoms with van der Waals surface area (Å²) in [6.45, 7) is 4.05. The second-order valence-corrected chi connectivity index (χ2v) is 4.82. The first-order chi connectivity index (χ1) is 8.11. The van der Waals surface area contributed by atoms with Gasteiger partial charge in [-0.2, -0.15) is 4.98 Å². The van der Waals surface area contributed by atoms with E-state index in [2.05, 4.69) is 26.1 Å². The van der Waals surface area contributed by atoms with Crippen LogP contribution in [0.4, 0.5) is 0 Å². The van der Waals surface area contributed by atoms with Crippen LogP contribution in [-0.2, 0) is 0 Å². The van der Waals surface area contributed by atoms with Crippen LogP contribution in [0, 0.1) is 0 Å². The van der Waals surface area contributed by atoms with E-state index >= 15 is 0 Å². The van der Waals surface area contributed by atoms with Gasteiger partial charge in [-0.05, 0) is 34.1 Å². The van der Waals surface area contributed by atoms with Crippen LogP contribution in [0.25, 0.3) is 11.5 Å². The van der Waals surface area contributed by atoms with Gasteiger partial charge in [-0.3, -0.25) is 0 Å². The number of ether oxygens (including phenoxy) is 1. The Hall–Kier alpha value is -1.36. The monoisotopic (exact) mass is 296 g/mol. The maximum Gasteiger partial charge on any atom is 0.257 e. The molecule has 0 atom stereocenters. The third kappa shape index (κ3) is 2.49. The zero-order valence-corrected chi connectivity index (χ0v) is 11.5. The van der Waals surface area contributed by atoms with E-state index in [-0.39, 0.29) is 5.92 Å². The summed E-state index contributed by atoms with van der Waals surface area (Å²) in [5.41, 5.74) is 0.872. The molecule has 0 N–H and O–H groups in total. The molecule has 0 fully saturated rings. The lowest BCUT2D eigenvalue weighted by atomic mass is 10.2. The Kier molecular flexibility index (Phi) is 3.47. The number of methoxy groups -OCH3 is 1. The average Bonchev–Trinajstić information content (AvgIpc) is 2.78. The molecular formula is C12H13BrN2O2. The van der Waals surface area contributed by atoms with Crippen molar-refractivity contribution < 1.29 is 9.26 Å². The van der Waals surface area contributed by atoms with Crippen LogP contribution >= 0.6 is 15.9 Å². The predicted molar refractivity (Wildman–Crippen MR) is 68.1 cm³/mol. The van der Waals surface area contributed by atoms with Crippen molar-refractivity contribution in [3.63, 3.8) is 0 Å². The number of aromatic nitrogens is 2. The van der Waals surface area contributed by atoms with Gasteiger partial charge in [0.1, 0.15) is 5.75 Å². The van der Waals surface area contributed by atoms with E-state index in [0.717, 1.165) is 15.8 Å². The van der Waals surface area contributed by atoms with Crippen LogP contribution in [0.15, 0.2) is 27.2 Å². The highest BCUT2D eigenvalue weighted by Gasteiger charge is 2.12. The van der Waals surface area contributed by atoms with Gasteiger partial charge in [-0.25, -0.2) is 0 Å². The molecular weight excluding hydrogens is 284 g/mol. The molecule has 5 heteroatoms. The molecule has 1 aromatic heterocycles. The summed E-state index contributed by atoms with van der Waals surface area (Å²) in [4.78, 5) is 4.34. The summed E-state index contributed by atoms with van der Waals surface area (Å²) in [5.74, 6) is 2.27. The van der Waals surface area contributed by atoms with E-state index in [1.165, 1.54) is 0 Å². The average molecular weight is 297 g/mol. The molecule has 0 spiro atoms. The third-order valence-electron chi connectivity index (χ3n) is 2.36. The highest BCUT2D eigenvalue weighted by atomic mass is 79.9. The maximum absolute atomic E-state index is 5.22. The smallest absolute Gasteiger partial charge is 0.257 e. The molecule has 1 heterocycles. The van der Waals surface area contributed by atoms with Gasteiger partial charge in [0.15, 0.2) is 5.82 Å². The molecule has 0 radical (unpaired) electrons. The lowest BCUT2D eigenvalue weighted by molar-refractivity contribution is 0.411. The Morgan fingerprint density at radius 3 is 2.65 bits per heavy atom. The molecule has 90 valence electrons. The summed E-state index contributed by atoms with van der Waals surface area (Å²) >= 11 is 3.43. The van der Waals surface area contributed by atoms with Crippen molar-refractivity contribution in [3.8, 4) is 17.2 Å². The molecule has 0 aliphatic rings. The zero-order valence-electron chi connectivity index (χ0n) is 9.90. The minimum atomic E-state index is 0.259. The molecule has 0 saturated carbocycles. The molecule has 0 aliphatic carbocycles. The Labute approximate surface area is 108 Å². The summed E-state index contributed by atoms with van der Waals surface area (Å²) < 4.78 is 11.2. The van der Waals surface area contributed by atoms with Crippen LogP contribution in [0.3, 0.4) is 0 Å². The fourth-order valence-corrected chi connectivity index (χ4v) is 1.93. The van der Waals surface area contributed by atoms with Gasteiger partial charge in [0, 0.05) is 11.5 Å². The van der Waals surface area contributed by atoms with Gasteiger partial charge < -0.3 is 9.26 Å². The van der Waals surface area contributed by atoms with Crippen molar-refractivity contribution in [2.24, 2.45) is 0 Å². The lowest BCUT2D eigenvalue weighted by Gasteiger charge is -2.03. The molecule has 0 amide bonds. The summed E-state index contributed by atoms with van der Waals surface area (Å²) in [6.07, 6.45) is 0. The fourth-order valence-electron chi connectivity index (χ4n) is 1.39. The number of nitrogens with zero attached hydrogens (tertiary/aromatic N) is 2. The van der Waals surface area contributed by atoms with Crippen LogP contribution in [0.1, 0.15) is 25.6 Å². The van der Waals surface area contributed by atoms with Gasteiger partial charge in [0.05, 0.1) is 11.6 Å². The molecule has 0 aliphatic heterocycles. The van der Waals surface area contributed by atoms with Crippen molar-refractivity contribution in [2.75, 3.05) is 7.11 Å². The van der Waals surface area contributed by atoms with Gasteiger partial charge in [0.2, 0.25) is 0 Å². The molecule has 4 nitrogen and oxygen atoms in total. The van der Waals surface area contributed by atoms with Gasteiger partial charge in [-0.15, -0.1) is 0 Å². The summed E-state index contributed by atoms with van der Waals surface area (Å²) in [6, 6.07) is 5.65. The molecule has 0 saturated heterocycles. The minimum absolute atomic E-state index is 0.259. The SMILES string of the molecule is COc1ccc(-c2nc(C(C)C)no2)cc1Br. The first kappa shape index (κ1) is 12.1. The predicted octanol–water partition coefficient (Wildman–Crippen LogP) is 3.63. The summed E-state index contributed by atoms with van der Waals surface area (Å²) in [5, 5.41) is 3.93. The second-order valence-electron chi connectivity index (χ2n) is 3.96. The molecule has 2 aromatic rings. The first-order valence-electron chi connectivity index (χ1n) is 5.29.